The molecule has 0 aromatic rings. The smallest absolute Gasteiger partial charge is 0.0380 e. The molecule has 0 aromatic carbocycles. The molecule has 2 atom stereocenters. The predicted molar refractivity (Wildman–Crippen MR) is 31.9 cm³/mol. The van der Waals surface area contributed by atoms with Gasteiger partial charge in [0.1, 0.15) is 0 Å². The van der Waals surface area contributed by atoms with E-state index in [0.717, 1.165) is 11.8 Å². The number of hydrogen-bond acceptors (Lipinski definition) is 0. The first kappa shape index (κ1) is 5.14. The molecular formula is C7H13. The van der Waals surface area contributed by atoms with Gasteiger partial charge in [0.2, 0.25) is 0 Å². The molecule has 7 heavy (non-hydrogen) atoms. The Hall–Kier alpha value is 0. The highest BCUT2D eigenvalue weighted by atomic mass is 14.2. The molecule has 0 nitrogen and oxygen atoms in total. The predicted octanol–water partition coefficient (Wildman–Crippen LogP) is 2.26. The normalized spacial score (nSPS) is 42.0. The second kappa shape index (κ2) is 1.85. The topological polar surface area (TPSA) is 0 Å². The van der Waals surface area contributed by atoms with Crippen LogP contribution in [0.4, 0.5) is 0 Å². The van der Waals surface area contributed by atoms with Gasteiger partial charge in [-0.2, -0.15) is 0 Å². The molecular weight excluding hydrogens is 84.1 g/mol. The van der Waals surface area contributed by atoms with Crippen LogP contribution in [0.3, 0.4) is 0 Å². The van der Waals surface area contributed by atoms with E-state index in [1.165, 1.54) is 12.8 Å². The molecule has 0 N–H and O–H groups in total. The minimum Gasteiger partial charge on any atom is -0.0622 e. The van der Waals surface area contributed by atoms with Crippen LogP contribution in [0.5, 0.6) is 0 Å². The molecule has 1 fully saturated rings. The van der Waals surface area contributed by atoms with Crippen LogP contribution in [0, 0.1) is 18.3 Å². The van der Waals surface area contributed by atoms with E-state index in [4.69, 9.17) is 0 Å². The molecule has 1 saturated carbocycles. The highest BCUT2D eigenvalue weighted by Gasteiger charge is 2.17. The Balaban J connectivity index is 2.33. The lowest BCUT2D eigenvalue weighted by atomic mass is 10.0. The summed E-state index contributed by atoms with van der Waals surface area (Å²) in [6, 6.07) is 0. The maximum atomic E-state index is 2.40. The van der Waals surface area contributed by atoms with Gasteiger partial charge >= 0.3 is 0 Å². The van der Waals surface area contributed by atoms with Crippen LogP contribution in [0.15, 0.2) is 0 Å². The van der Waals surface area contributed by atoms with Crippen molar-refractivity contribution in [1.82, 2.24) is 0 Å². The van der Waals surface area contributed by atoms with E-state index < -0.39 is 0 Å². The zero-order chi connectivity index (χ0) is 5.28. The minimum atomic E-state index is 0.958. The molecule has 1 rings (SSSR count). The van der Waals surface area contributed by atoms with Gasteiger partial charge in [0.15, 0.2) is 0 Å². The highest BCUT2D eigenvalue weighted by Crippen LogP contribution is 2.29. The third-order valence-corrected chi connectivity index (χ3v) is 2.05. The van der Waals surface area contributed by atoms with E-state index in [1.54, 1.807) is 0 Å². The molecule has 1 radical (unpaired) electrons. The van der Waals surface area contributed by atoms with E-state index in [9.17, 15) is 0 Å². The Morgan fingerprint density at radius 3 is 1.71 bits per heavy atom. The monoisotopic (exact) mass is 97.1 g/mol. The molecule has 0 heteroatoms. The largest absolute Gasteiger partial charge is 0.0622 e. The quantitative estimate of drug-likeness (QED) is 0.435. The van der Waals surface area contributed by atoms with Crippen molar-refractivity contribution in [3.63, 3.8) is 0 Å². The third kappa shape index (κ3) is 0.960. The van der Waals surface area contributed by atoms with Gasteiger partial charge in [0.25, 0.3) is 0 Å². The van der Waals surface area contributed by atoms with Crippen LogP contribution in [0.1, 0.15) is 26.7 Å². The van der Waals surface area contributed by atoms with E-state index in [2.05, 4.69) is 20.3 Å². The van der Waals surface area contributed by atoms with Gasteiger partial charge in [0.05, 0.1) is 0 Å². The fourth-order valence-electron chi connectivity index (χ4n) is 1.09. The second-order valence-corrected chi connectivity index (χ2v) is 2.71. The summed E-state index contributed by atoms with van der Waals surface area (Å²) in [7, 11) is 0. The lowest BCUT2D eigenvalue weighted by Crippen LogP contribution is -1.95. The summed E-state index contributed by atoms with van der Waals surface area (Å²) in [5.41, 5.74) is 0. The van der Waals surface area contributed by atoms with Crippen molar-refractivity contribution >= 4 is 0 Å². The molecule has 0 aliphatic heterocycles. The lowest BCUT2D eigenvalue weighted by Gasteiger charge is -2.04. The Morgan fingerprint density at radius 2 is 1.57 bits per heavy atom. The fraction of sp³-hybridized carbons (Fsp3) is 0.857. The van der Waals surface area contributed by atoms with Gasteiger partial charge in [-0.3, -0.25) is 0 Å². The standard InChI is InChI=1S/C7H13/c1-6-4-3-5-7(6)2/h3,6-7H,4-5H2,1-2H3. The summed E-state index contributed by atoms with van der Waals surface area (Å²) < 4.78 is 0. The van der Waals surface area contributed by atoms with Crippen molar-refractivity contribution in [1.29, 1.82) is 0 Å². The van der Waals surface area contributed by atoms with Crippen molar-refractivity contribution in [3.8, 4) is 0 Å². The molecule has 0 aromatic heterocycles. The first-order valence-electron chi connectivity index (χ1n) is 3.12. The van der Waals surface area contributed by atoms with Crippen LogP contribution in [-0.2, 0) is 0 Å². The third-order valence-electron chi connectivity index (χ3n) is 2.05. The molecule has 0 heterocycles. The zero-order valence-corrected chi connectivity index (χ0v) is 5.15. The van der Waals surface area contributed by atoms with Crippen molar-refractivity contribution in [2.24, 2.45) is 11.8 Å². The number of rotatable bonds is 0. The first-order valence-corrected chi connectivity index (χ1v) is 3.12. The van der Waals surface area contributed by atoms with Crippen molar-refractivity contribution in [2.75, 3.05) is 0 Å². The summed E-state index contributed by atoms with van der Waals surface area (Å²) in [5.74, 6) is 1.92. The minimum absolute atomic E-state index is 0.958. The summed E-state index contributed by atoms with van der Waals surface area (Å²) in [6.45, 7) is 4.66. The van der Waals surface area contributed by atoms with E-state index in [1.807, 2.05) is 0 Å². The van der Waals surface area contributed by atoms with Gasteiger partial charge < -0.3 is 0 Å². The van der Waals surface area contributed by atoms with Gasteiger partial charge in [-0.05, 0) is 31.1 Å². The molecule has 0 saturated heterocycles. The van der Waals surface area contributed by atoms with E-state index in [-0.39, 0.29) is 0 Å². The van der Waals surface area contributed by atoms with Crippen molar-refractivity contribution < 1.29 is 0 Å². The molecule has 1 aliphatic rings. The summed E-state index contributed by atoms with van der Waals surface area (Å²) in [6.07, 6.45) is 5.09. The van der Waals surface area contributed by atoms with Gasteiger partial charge in [0, 0.05) is 0 Å². The second-order valence-electron chi connectivity index (χ2n) is 2.71. The Morgan fingerprint density at radius 1 is 1.14 bits per heavy atom. The van der Waals surface area contributed by atoms with Crippen LogP contribution in [-0.4, -0.2) is 0 Å². The van der Waals surface area contributed by atoms with Gasteiger partial charge in [-0.15, -0.1) is 0 Å². The Bertz CT molecular complexity index is 49.1. The summed E-state index contributed by atoms with van der Waals surface area (Å²) >= 11 is 0. The van der Waals surface area contributed by atoms with Crippen LogP contribution >= 0.6 is 0 Å². The van der Waals surface area contributed by atoms with Crippen LogP contribution in [0.25, 0.3) is 0 Å². The Kier molecular flexibility index (Phi) is 1.36. The Labute approximate surface area is 45.9 Å². The van der Waals surface area contributed by atoms with Gasteiger partial charge in [-0.25, -0.2) is 0 Å². The molecule has 0 spiro atoms. The fourth-order valence-corrected chi connectivity index (χ4v) is 1.09. The molecule has 1 aliphatic carbocycles. The molecule has 0 bridgehead atoms. The molecule has 41 valence electrons. The highest BCUT2D eigenvalue weighted by molar-refractivity contribution is 4.82. The average molecular weight is 97.2 g/mol. The van der Waals surface area contributed by atoms with Crippen LogP contribution in [0.2, 0.25) is 0 Å². The SMILES string of the molecule is CC1C[CH]CC1C. The molecule has 0 amide bonds. The number of hydrogen-bond donors (Lipinski definition) is 0. The van der Waals surface area contributed by atoms with Crippen LogP contribution < -0.4 is 0 Å². The lowest BCUT2D eigenvalue weighted by molar-refractivity contribution is 0.457. The summed E-state index contributed by atoms with van der Waals surface area (Å²) in [4.78, 5) is 0. The summed E-state index contributed by atoms with van der Waals surface area (Å²) in [5, 5.41) is 0. The average Bonchev–Trinajstić information content (AvgIpc) is 1.91. The maximum absolute atomic E-state index is 2.40. The van der Waals surface area contributed by atoms with Crippen molar-refractivity contribution in [3.05, 3.63) is 6.42 Å². The molecule has 2 unspecified atom stereocenters. The van der Waals surface area contributed by atoms with Crippen molar-refractivity contribution in [2.45, 2.75) is 26.7 Å². The first-order chi connectivity index (χ1) is 3.30. The van der Waals surface area contributed by atoms with Gasteiger partial charge in [-0.1, -0.05) is 13.8 Å². The maximum Gasteiger partial charge on any atom is -0.0380 e. The van der Waals surface area contributed by atoms with E-state index in [0.29, 0.717) is 0 Å². The van der Waals surface area contributed by atoms with E-state index >= 15 is 0 Å². The zero-order valence-electron chi connectivity index (χ0n) is 5.15.